The average molecular weight is 425 g/mol. The van der Waals surface area contributed by atoms with E-state index < -0.39 is 0 Å². The predicted octanol–water partition coefficient (Wildman–Crippen LogP) is 2.57. The van der Waals surface area contributed by atoms with Crippen molar-refractivity contribution in [2.24, 2.45) is 17.8 Å². The van der Waals surface area contributed by atoms with Crippen LogP contribution in [0.3, 0.4) is 0 Å². The molecule has 2 fully saturated rings. The third-order valence-corrected chi connectivity index (χ3v) is 5.95. The van der Waals surface area contributed by atoms with Gasteiger partial charge in [-0.25, -0.2) is 14.8 Å². The summed E-state index contributed by atoms with van der Waals surface area (Å²) < 4.78 is 13.3. The molecule has 164 valence electrons. The highest BCUT2D eigenvalue weighted by molar-refractivity contribution is 5.98. The van der Waals surface area contributed by atoms with Crippen LogP contribution < -0.4 is 15.8 Å². The number of piperidine rings is 1. The van der Waals surface area contributed by atoms with E-state index in [4.69, 9.17) is 0 Å². The molecule has 0 radical (unpaired) electrons. The third kappa shape index (κ3) is 4.78. The van der Waals surface area contributed by atoms with Crippen molar-refractivity contribution < 1.29 is 14.0 Å². The summed E-state index contributed by atoms with van der Waals surface area (Å²) >= 11 is 0. The zero-order valence-electron chi connectivity index (χ0n) is 17.9. The number of hydrazine groups is 1. The first-order valence-electron chi connectivity index (χ1n) is 10.8. The van der Waals surface area contributed by atoms with Crippen molar-refractivity contribution in [3.05, 3.63) is 66.0 Å². The van der Waals surface area contributed by atoms with Gasteiger partial charge in [-0.3, -0.25) is 14.5 Å². The molecular formula is C24H29FN4O2. The maximum Gasteiger partial charge on any atom is 0.247 e. The van der Waals surface area contributed by atoms with E-state index in [1.807, 2.05) is 30.3 Å². The van der Waals surface area contributed by atoms with E-state index >= 15 is 0 Å². The van der Waals surface area contributed by atoms with Crippen molar-refractivity contribution in [1.82, 2.24) is 15.6 Å². The van der Waals surface area contributed by atoms with Crippen molar-refractivity contribution in [3.63, 3.8) is 0 Å². The quantitative estimate of drug-likeness (QED) is 0.748. The number of carbonyl (C=O) groups is 2. The first-order valence-corrected chi connectivity index (χ1v) is 10.8. The van der Waals surface area contributed by atoms with E-state index in [1.54, 1.807) is 17.1 Å². The molecule has 3 atom stereocenters. The lowest BCUT2D eigenvalue weighted by atomic mass is 9.83. The van der Waals surface area contributed by atoms with E-state index in [-0.39, 0.29) is 35.5 Å². The summed E-state index contributed by atoms with van der Waals surface area (Å²) in [5.74, 6) is -0.691. The fourth-order valence-electron chi connectivity index (χ4n) is 4.37. The smallest absolute Gasteiger partial charge is 0.247 e. The molecule has 2 aromatic carbocycles. The number of fused-ring (bicyclic) bond motifs is 1. The molecule has 0 bridgehead atoms. The second kappa shape index (κ2) is 9.16. The molecule has 4 rings (SSSR count). The fourth-order valence-corrected chi connectivity index (χ4v) is 4.37. The maximum atomic E-state index is 13.3. The number of nitrogens with zero attached hydrogens (tertiary/aromatic N) is 2. The highest BCUT2D eigenvalue weighted by Crippen LogP contribution is 2.32. The number of halogens is 1. The number of anilines is 1. The average Bonchev–Trinajstić information content (AvgIpc) is 3.10. The number of hydrogen-bond donors (Lipinski definition) is 2. The predicted molar refractivity (Wildman–Crippen MR) is 117 cm³/mol. The van der Waals surface area contributed by atoms with Crippen LogP contribution >= 0.6 is 0 Å². The standard InChI is InChI=1S/C24H29FN4O2/c1-16(2)12-26-23(30)20-14-28(13-17-8-10-18(25)11-9-17)15-21-22(20)27-29(24(21)31)19-6-4-3-5-7-19/h3-11,16,20-22,27H,12-15H2,1-2H3,(H,26,30). The largest absolute Gasteiger partial charge is 0.356 e. The molecular weight excluding hydrogens is 395 g/mol. The van der Waals surface area contributed by atoms with Crippen molar-refractivity contribution >= 4 is 17.5 Å². The van der Waals surface area contributed by atoms with Gasteiger partial charge in [0.2, 0.25) is 11.8 Å². The summed E-state index contributed by atoms with van der Waals surface area (Å²) in [6, 6.07) is 15.6. The molecule has 31 heavy (non-hydrogen) atoms. The van der Waals surface area contributed by atoms with Crippen molar-refractivity contribution in [2.75, 3.05) is 24.6 Å². The minimum absolute atomic E-state index is 0.0262. The van der Waals surface area contributed by atoms with E-state index in [2.05, 4.69) is 29.5 Å². The number of amides is 2. The summed E-state index contributed by atoms with van der Waals surface area (Å²) in [4.78, 5) is 28.5. The maximum absolute atomic E-state index is 13.3. The van der Waals surface area contributed by atoms with Crippen LogP contribution in [-0.4, -0.2) is 42.4 Å². The van der Waals surface area contributed by atoms with Crippen molar-refractivity contribution in [3.8, 4) is 0 Å². The Hall–Kier alpha value is -2.77. The van der Waals surface area contributed by atoms with Crippen LogP contribution in [0.4, 0.5) is 10.1 Å². The van der Waals surface area contributed by atoms with Gasteiger partial charge in [0.25, 0.3) is 0 Å². The zero-order chi connectivity index (χ0) is 22.0. The Balaban J connectivity index is 1.56. The number of rotatable bonds is 6. The van der Waals surface area contributed by atoms with Gasteiger partial charge in [-0.05, 0) is 35.7 Å². The Labute approximate surface area is 182 Å². The lowest BCUT2D eigenvalue weighted by Crippen LogP contribution is -2.57. The first kappa shape index (κ1) is 21.5. The number of carbonyl (C=O) groups excluding carboxylic acids is 2. The van der Waals surface area contributed by atoms with Crippen LogP contribution in [0.2, 0.25) is 0 Å². The Morgan fingerprint density at radius 3 is 2.52 bits per heavy atom. The SMILES string of the molecule is CC(C)CNC(=O)C1CN(Cc2ccc(F)cc2)CC2C(=O)N(c3ccccc3)NC12. The van der Waals surface area contributed by atoms with Crippen LogP contribution in [0.15, 0.2) is 54.6 Å². The molecule has 0 spiro atoms. The monoisotopic (exact) mass is 424 g/mol. The minimum atomic E-state index is -0.365. The second-order valence-electron chi connectivity index (χ2n) is 8.84. The van der Waals surface area contributed by atoms with Gasteiger partial charge in [-0.15, -0.1) is 0 Å². The van der Waals surface area contributed by atoms with Gasteiger partial charge >= 0.3 is 0 Å². The molecule has 0 aliphatic carbocycles. The molecule has 6 nitrogen and oxygen atoms in total. The van der Waals surface area contributed by atoms with Gasteiger partial charge in [0, 0.05) is 26.2 Å². The zero-order valence-corrected chi connectivity index (χ0v) is 17.9. The molecule has 2 saturated heterocycles. The van der Waals surface area contributed by atoms with Crippen LogP contribution in [0.25, 0.3) is 0 Å². The molecule has 2 N–H and O–H groups in total. The van der Waals surface area contributed by atoms with Crippen LogP contribution in [0, 0.1) is 23.6 Å². The number of hydrogen-bond acceptors (Lipinski definition) is 4. The molecule has 7 heteroatoms. The van der Waals surface area contributed by atoms with E-state index in [9.17, 15) is 14.0 Å². The second-order valence-corrected chi connectivity index (χ2v) is 8.84. The lowest BCUT2D eigenvalue weighted by molar-refractivity contribution is -0.130. The molecule has 0 saturated carbocycles. The lowest BCUT2D eigenvalue weighted by Gasteiger charge is -2.38. The van der Waals surface area contributed by atoms with Gasteiger partial charge in [-0.2, -0.15) is 0 Å². The highest BCUT2D eigenvalue weighted by Gasteiger charge is 2.50. The van der Waals surface area contributed by atoms with Gasteiger partial charge in [0.1, 0.15) is 5.82 Å². The summed E-state index contributed by atoms with van der Waals surface area (Å²) in [6.45, 7) is 6.35. The molecule has 2 heterocycles. The molecule has 2 amide bonds. The first-order chi connectivity index (χ1) is 14.9. The van der Waals surface area contributed by atoms with Gasteiger partial charge in [0.05, 0.1) is 23.6 Å². The summed E-state index contributed by atoms with van der Waals surface area (Å²) in [5, 5.41) is 4.62. The Kier molecular flexibility index (Phi) is 6.34. The van der Waals surface area contributed by atoms with Crippen molar-refractivity contribution in [1.29, 1.82) is 0 Å². The van der Waals surface area contributed by atoms with Crippen molar-refractivity contribution in [2.45, 2.75) is 26.4 Å². The Bertz CT molecular complexity index is 919. The molecule has 2 aromatic rings. The van der Waals surface area contributed by atoms with E-state index in [1.165, 1.54) is 12.1 Å². The van der Waals surface area contributed by atoms with Gasteiger partial charge < -0.3 is 5.32 Å². The minimum Gasteiger partial charge on any atom is -0.356 e. The fraction of sp³-hybridized carbons (Fsp3) is 0.417. The van der Waals surface area contributed by atoms with E-state index in [0.717, 1.165) is 11.3 Å². The number of para-hydroxylation sites is 1. The van der Waals surface area contributed by atoms with Crippen LogP contribution in [0.5, 0.6) is 0 Å². The topological polar surface area (TPSA) is 64.7 Å². The van der Waals surface area contributed by atoms with Crippen LogP contribution in [0.1, 0.15) is 19.4 Å². The van der Waals surface area contributed by atoms with E-state index in [0.29, 0.717) is 32.1 Å². The normalized spacial score (nSPS) is 23.8. The molecule has 3 unspecified atom stereocenters. The third-order valence-electron chi connectivity index (χ3n) is 5.95. The molecule has 2 aliphatic rings. The number of likely N-dealkylation sites (tertiary alicyclic amines) is 1. The molecule has 0 aromatic heterocycles. The Morgan fingerprint density at radius 2 is 1.84 bits per heavy atom. The summed E-state index contributed by atoms with van der Waals surface area (Å²) in [5.41, 5.74) is 5.05. The van der Waals surface area contributed by atoms with Crippen LogP contribution in [-0.2, 0) is 16.1 Å². The molecule has 2 aliphatic heterocycles. The summed E-state index contributed by atoms with van der Waals surface area (Å²) in [7, 11) is 0. The number of nitrogens with one attached hydrogen (secondary N) is 2. The number of benzene rings is 2. The van der Waals surface area contributed by atoms with Gasteiger partial charge in [0.15, 0.2) is 0 Å². The summed E-state index contributed by atoms with van der Waals surface area (Å²) in [6.07, 6.45) is 0. The highest BCUT2D eigenvalue weighted by atomic mass is 19.1. The van der Waals surface area contributed by atoms with Gasteiger partial charge in [-0.1, -0.05) is 44.2 Å². The Morgan fingerprint density at radius 1 is 1.13 bits per heavy atom.